The van der Waals surface area contributed by atoms with Crippen LogP contribution >= 0.6 is 0 Å². The summed E-state index contributed by atoms with van der Waals surface area (Å²) < 4.78 is 23.5. The van der Waals surface area contributed by atoms with Crippen LogP contribution < -0.4 is 10.2 Å². The van der Waals surface area contributed by atoms with Gasteiger partial charge in [-0.1, -0.05) is 19.1 Å². The third-order valence-corrected chi connectivity index (χ3v) is 6.66. The molecule has 1 fully saturated rings. The number of sulfone groups is 1. The highest BCUT2D eigenvalue weighted by atomic mass is 32.2. The summed E-state index contributed by atoms with van der Waals surface area (Å²) in [4.78, 5) is 18.8. The summed E-state index contributed by atoms with van der Waals surface area (Å²) in [5.41, 5.74) is 2.42. The largest absolute Gasteiger partial charge is 0.353 e. The maximum Gasteiger partial charge on any atom is 0.257 e. The number of rotatable bonds is 6. The van der Waals surface area contributed by atoms with E-state index in [9.17, 15) is 13.2 Å². The first-order valence-electron chi connectivity index (χ1n) is 9.25. The van der Waals surface area contributed by atoms with E-state index in [4.69, 9.17) is 0 Å². The number of aryl methyl sites for hydroxylation is 1. The molecule has 2 aromatic rings. The number of nitrogens with zero attached hydrogens (tertiary/aromatic N) is 2. The maximum absolute atomic E-state index is 12.4. The molecule has 6 nitrogen and oxygen atoms in total. The monoisotopic (exact) mass is 387 g/mol. The number of benzene rings is 1. The van der Waals surface area contributed by atoms with E-state index in [1.54, 1.807) is 12.1 Å². The molecule has 1 aliphatic heterocycles. The molecule has 1 atom stereocenters. The molecule has 0 aliphatic carbocycles. The Morgan fingerprint density at radius 3 is 2.44 bits per heavy atom. The highest BCUT2D eigenvalue weighted by molar-refractivity contribution is 7.91. The van der Waals surface area contributed by atoms with Crippen LogP contribution in [0.15, 0.2) is 42.6 Å². The first-order valence-corrected chi connectivity index (χ1v) is 11.1. The fourth-order valence-corrected chi connectivity index (χ4v) is 5.08. The van der Waals surface area contributed by atoms with Crippen LogP contribution in [0.2, 0.25) is 0 Å². The quantitative estimate of drug-likeness (QED) is 0.824. The van der Waals surface area contributed by atoms with E-state index < -0.39 is 9.84 Å². The van der Waals surface area contributed by atoms with Crippen LogP contribution in [0.25, 0.3) is 0 Å². The Labute approximate surface area is 160 Å². The van der Waals surface area contributed by atoms with E-state index in [1.165, 1.54) is 11.8 Å². The van der Waals surface area contributed by atoms with Crippen molar-refractivity contribution in [3.63, 3.8) is 0 Å². The Hall–Kier alpha value is -2.41. The molecule has 0 radical (unpaired) electrons. The molecule has 1 aliphatic rings. The molecule has 1 aromatic carbocycles. The third-order valence-electron chi connectivity index (χ3n) is 4.91. The minimum absolute atomic E-state index is 0.0516. The second kappa shape index (κ2) is 8.08. The number of carbonyl (C=O) groups excluding carboxylic acids is 1. The lowest BCUT2D eigenvalue weighted by Gasteiger charge is -2.27. The molecule has 0 saturated carbocycles. The summed E-state index contributed by atoms with van der Waals surface area (Å²) >= 11 is 0. The van der Waals surface area contributed by atoms with E-state index in [2.05, 4.69) is 17.2 Å². The lowest BCUT2D eigenvalue weighted by Crippen LogP contribution is -2.36. The molecule has 27 heavy (non-hydrogen) atoms. The Balaban J connectivity index is 1.69. The molecule has 3 rings (SSSR count). The van der Waals surface area contributed by atoms with Crippen LogP contribution in [-0.4, -0.2) is 43.4 Å². The van der Waals surface area contributed by atoms with Crippen molar-refractivity contribution >= 4 is 27.2 Å². The third kappa shape index (κ3) is 4.66. The van der Waals surface area contributed by atoms with Crippen LogP contribution in [0.1, 0.15) is 36.2 Å². The van der Waals surface area contributed by atoms with Gasteiger partial charge in [0.25, 0.3) is 5.91 Å². The van der Waals surface area contributed by atoms with Gasteiger partial charge in [-0.3, -0.25) is 4.79 Å². The molecule has 0 spiro atoms. The molecule has 1 N–H and O–H groups in total. The molecule has 2 heterocycles. The van der Waals surface area contributed by atoms with Gasteiger partial charge < -0.3 is 10.2 Å². The van der Waals surface area contributed by atoms with Crippen LogP contribution in [0.5, 0.6) is 0 Å². The lowest BCUT2D eigenvalue weighted by atomic mass is 10.1. The zero-order chi connectivity index (χ0) is 19.4. The smallest absolute Gasteiger partial charge is 0.257 e. The summed E-state index contributed by atoms with van der Waals surface area (Å²) in [5.74, 6) is 0.873. The van der Waals surface area contributed by atoms with Gasteiger partial charge in [0.1, 0.15) is 5.82 Å². The average molecular weight is 388 g/mol. The fourth-order valence-electron chi connectivity index (χ4n) is 3.35. The highest BCUT2D eigenvalue weighted by Gasteiger charge is 2.32. The molecule has 1 aromatic heterocycles. The molecule has 1 unspecified atom stereocenters. The van der Waals surface area contributed by atoms with Gasteiger partial charge in [-0.2, -0.15) is 0 Å². The summed E-state index contributed by atoms with van der Waals surface area (Å²) in [5, 5.41) is 2.87. The number of amides is 1. The van der Waals surface area contributed by atoms with Crippen molar-refractivity contribution in [2.75, 3.05) is 28.3 Å². The second-order valence-electron chi connectivity index (χ2n) is 6.75. The van der Waals surface area contributed by atoms with Gasteiger partial charge >= 0.3 is 0 Å². The van der Waals surface area contributed by atoms with Crippen LogP contribution in [-0.2, 0) is 16.3 Å². The predicted octanol–water partition coefficient (Wildman–Crippen LogP) is 2.91. The minimum Gasteiger partial charge on any atom is -0.353 e. The molecule has 144 valence electrons. The van der Waals surface area contributed by atoms with E-state index in [-0.39, 0.29) is 23.5 Å². The summed E-state index contributed by atoms with van der Waals surface area (Å²) in [6.45, 7) is 4.73. The number of carbonyl (C=O) groups is 1. The van der Waals surface area contributed by atoms with Crippen LogP contribution in [0.3, 0.4) is 0 Å². The zero-order valence-electron chi connectivity index (χ0n) is 15.7. The topological polar surface area (TPSA) is 79.4 Å². The normalized spacial score (nSPS) is 18.2. The summed E-state index contributed by atoms with van der Waals surface area (Å²) in [6.07, 6.45) is 3.11. The van der Waals surface area contributed by atoms with Crippen molar-refractivity contribution in [3.05, 3.63) is 53.7 Å². The molecular formula is C20H25N3O3S. The van der Waals surface area contributed by atoms with Gasteiger partial charge in [0, 0.05) is 24.5 Å². The van der Waals surface area contributed by atoms with Gasteiger partial charge in [-0.15, -0.1) is 0 Å². The average Bonchev–Trinajstić information content (AvgIpc) is 3.03. The number of aromatic nitrogens is 1. The molecule has 7 heteroatoms. The van der Waals surface area contributed by atoms with E-state index in [1.807, 2.05) is 36.1 Å². The van der Waals surface area contributed by atoms with Crippen LogP contribution in [0, 0.1) is 0 Å². The van der Waals surface area contributed by atoms with Gasteiger partial charge in [0.2, 0.25) is 0 Å². The van der Waals surface area contributed by atoms with Crippen molar-refractivity contribution in [1.82, 2.24) is 4.98 Å². The summed E-state index contributed by atoms with van der Waals surface area (Å²) in [6, 6.07) is 11.2. The van der Waals surface area contributed by atoms with Crippen molar-refractivity contribution in [1.29, 1.82) is 0 Å². The summed E-state index contributed by atoms with van der Waals surface area (Å²) in [7, 11) is -2.95. The Morgan fingerprint density at radius 1 is 1.19 bits per heavy atom. The van der Waals surface area contributed by atoms with Crippen LogP contribution in [0.4, 0.5) is 11.5 Å². The first-order chi connectivity index (χ1) is 12.9. The molecule has 0 bridgehead atoms. The lowest BCUT2D eigenvalue weighted by molar-refractivity contribution is 0.102. The molecule has 1 amide bonds. The number of nitrogens with one attached hydrogen (secondary N) is 1. The predicted molar refractivity (Wildman–Crippen MR) is 108 cm³/mol. The molecular weight excluding hydrogens is 362 g/mol. The number of hydrogen-bond acceptors (Lipinski definition) is 5. The SMILES string of the molecule is CCc1ccc(NC(=O)c2ccc(N(CC)C3CCS(=O)(=O)C3)nc2)cc1. The Bertz CT molecular complexity index is 893. The second-order valence-corrected chi connectivity index (χ2v) is 8.98. The highest BCUT2D eigenvalue weighted by Crippen LogP contribution is 2.23. The van der Waals surface area contributed by atoms with Crippen molar-refractivity contribution in [2.24, 2.45) is 0 Å². The van der Waals surface area contributed by atoms with E-state index in [0.717, 1.165) is 12.1 Å². The van der Waals surface area contributed by atoms with Gasteiger partial charge in [-0.05, 0) is 49.6 Å². The van der Waals surface area contributed by atoms with Gasteiger partial charge in [0.15, 0.2) is 9.84 Å². The maximum atomic E-state index is 12.4. The minimum atomic E-state index is -2.95. The number of anilines is 2. The molecule has 1 saturated heterocycles. The fraction of sp³-hybridized carbons (Fsp3) is 0.400. The van der Waals surface area contributed by atoms with Crippen molar-refractivity contribution < 1.29 is 13.2 Å². The zero-order valence-corrected chi connectivity index (χ0v) is 16.5. The first kappa shape index (κ1) is 19.4. The van der Waals surface area contributed by atoms with E-state index in [0.29, 0.717) is 24.3 Å². The number of pyridine rings is 1. The van der Waals surface area contributed by atoms with Crippen molar-refractivity contribution in [2.45, 2.75) is 32.7 Å². The standard InChI is InChI=1S/C20H25N3O3S/c1-3-15-5-8-17(9-6-15)22-20(24)16-7-10-19(21-13-16)23(4-2)18-11-12-27(25,26)14-18/h5-10,13,18H,3-4,11-12,14H2,1-2H3,(H,22,24). The van der Waals surface area contributed by atoms with E-state index >= 15 is 0 Å². The van der Waals surface area contributed by atoms with Gasteiger partial charge in [0.05, 0.1) is 17.1 Å². The van der Waals surface area contributed by atoms with Gasteiger partial charge in [-0.25, -0.2) is 13.4 Å². The number of hydrogen-bond donors (Lipinski definition) is 1. The Morgan fingerprint density at radius 2 is 1.93 bits per heavy atom. The van der Waals surface area contributed by atoms with Crippen molar-refractivity contribution in [3.8, 4) is 0 Å². The Kier molecular flexibility index (Phi) is 5.79.